The van der Waals surface area contributed by atoms with E-state index in [0.29, 0.717) is 31.6 Å². The molecule has 28 heavy (non-hydrogen) atoms. The predicted molar refractivity (Wildman–Crippen MR) is 105 cm³/mol. The summed E-state index contributed by atoms with van der Waals surface area (Å²) in [5, 5.41) is 15.2. The van der Waals surface area contributed by atoms with Gasteiger partial charge in [0.05, 0.1) is 11.3 Å². The van der Waals surface area contributed by atoms with Crippen molar-refractivity contribution in [3.05, 3.63) is 0 Å². The summed E-state index contributed by atoms with van der Waals surface area (Å²) in [6.07, 6.45) is 3.57. The Morgan fingerprint density at radius 3 is 2.54 bits per heavy atom. The van der Waals surface area contributed by atoms with E-state index in [-0.39, 0.29) is 17.3 Å². The van der Waals surface area contributed by atoms with Crippen molar-refractivity contribution in [2.45, 2.75) is 75.4 Å². The molecule has 0 aromatic carbocycles. The van der Waals surface area contributed by atoms with Crippen molar-refractivity contribution in [3.8, 4) is 0 Å². The molecule has 2 aliphatic rings. The molecule has 10 heteroatoms. The van der Waals surface area contributed by atoms with Crippen molar-refractivity contribution < 1.29 is 14.3 Å². The molecular weight excluding hydrogens is 380 g/mol. The minimum Gasteiger partial charge on any atom is -0.444 e. The number of hydrogen-bond donors (Lipinski definition) is 1. The Labute approximate surface area is 169 Å². The van der Waals surface area contributed by atoms with Gasteiger partial charge in [-0.2, -0.15) is 0 Å². The molecule has 0 bridgehead atoms. The second kappa shape index (κ2) is 8.67. The number of alkyl carbamates (subject to hydrolysis) is 1. The van der Waals surface area contributed by atoms with Gasteiger partial charge in [-0.25, -0.2) is 9.48 Å². The number of ether oxygens (including phenoxy) is 1. The molecule has 0 radical (unpaired) electrons. The fraction of sp³-hybridized carbons (Fsp3) is 0.833. The van der Waals surface area contributed by atoms with Crippen LogP contribution in [0.3, 0.4) is 0 Å². The molecule has 0 spiro atoms. The van der Waals surface area contributed by atoms with Gasteiger partial charge in [-0.1, -0.05) is 11.8 Å². The predicted octanol–water partition coefficient (Wildman–Crippen LogP) is 2.25. The molecule has 1 unspecified atom stereocenters. The number of nitrogens with zero attached hydrogens (tertiary/aromatic N) is 5. The van der Waals surface area contributed by atoms with E-state index in [1.54, 1.807) is 0 Å². The number of carbonyl (C=O) groups is 2. The van der Waals surface area contributed by atoms with Gasteiger partial charge in [0.15, 0.2) is 0 Å². The number of amides is 2. The largest absolute Gasteiger partial charge is 0.444 e. The highest BCUT2D eigenvalue weighted by atomic mass is 32.2. The van der Waals surface area contributed by atoms with Gasteiger partial charge in [-0.05, 0) is 69.7 Å². The average Bonchev–Trinajstić information content (AvgIpc) is 3.37. The number of tetrazole rings is 1. The number of carbonyl (C=O) groups excluding carboxylic acids is 2. The minimum atomic E-state index is -0.493. The SMILES string of the molecule is CC(Sc1nnnn1C1CC1)C(=O)N1CCC(CNC(=O)OC(C)(C)C)CC1. The fourth-order valence-corrected chi connectivity index (χ4v) is 4.12. The van der Waals surface area contributed by atoms with E-state index in [4.69, 9.17) is 4.74 Å². The lowest BCUT2D eigenvalue weighted by molar-refractivity contribution is -0.131. The summed E-state index contributed by atoms with van der Waals surface area (Å²) >= 11 is 1.43. The topological polar surface area (TPSA) is 102 Å². The Morgan fingerprint density at radius 1 is 1.25 bits per heavy atom. The van der Waals surface area contributed by atoms with E-state index in [0.717, 1.165) is 30.8 Å². The van der Waals surface area contributed by atoms with Crippen molar-refractivity contribution in [1.82, 2.24) is 30.4 Å². The van der Waals surface area contributed by atoms with Crippen molar-refractivity contribution >= 4 is 23.8 Å². The first kappa shape index (κ1) is 20.9. The third-order valence-electron chi connectivity index (χ3n) is 4.85. The molecule has 3 rings (SSSR count). The first-order valence-electron chi connectivity index (χ1n) is 9.93. The maximum atomic E-state index is 12.8. The molecule has 2 heterocycles. The van der Waals surface area contributed by atoms with Crippen molar-refractivity contribution in [2.24, 2.45) is 5.92 Å². The van der Waals surface area contributed by atoms with E-state index in [1.807, 2.05) is 37.3 Å². The van der Waals surface area contributed by atoms with Crippen molar-refractivity contribution in [3.63, 3.8) is 0 Å². The molecule has 9 nitrogen and oxygen atoms in total. The lowest BCUT2D eigenvalue weighted by Crippen LogP contribution is -2.44. The van der Waals surface area contributed by atoms with E-state index in [2.05, 4.69) is 20.8 Å². The Morgan fingerprint density at radius 2 is 1.93 bits per heavy atom. The summed E-state index contributed by atoms with van der Waals surface area (Å²) in [5.74, 6) is 0.482. The molecule has 2 fully saturated rings. The van der Waals surface area contributed by atoms with Crippen LogP contribution < -0.4 is 5.32 Å². The highest BCUT2D eigenvalue weighted by Gasteiger charge is 2.31. The van der Waals surface area contributed by atoms with Crippen LogP contribution in [0.2, 0.25) is 0 Å². The summed E-state index contributed by atoms with van der Waals surface area (Å²) in [4.78, 5) is 26.5. The summed E-state index contributed by atoms with van der Waals surface area (Å²) in [6.45, 7) is 9.44. The van der Waals surface area contributed by atoms with Gasteiger partial charge in [0.2, 0.25) is 11.1 Å². The van der Waals surface area contributed by atoms with Gasteiger partial charge in [0.1, 0.15) is 5.60 Å². The monoisotopic (exact) mass is 410 g/mol. The smallest absolute Gasteiger partial charge is 0.407 e. The molecule has 1 atom stereocenters. The molecule has 1 saturated carbocycles. The van der Waals surface area contributed by atoms with Crippen LogP contribution in [0.15, 0.2) is 5.16 Å². The van der Waals surface area contributed by atoms with E-state index < -0.39 is 5.60 Å². The van der Waals surface area contributed by atoms with Crippen LogP contribution in [0.25, 0.3) is 0 Å². The molecule has 1 N–H and O–H groups in total. The first-order valence-corrected chi connectivity index (χ1v) is 10.8. The van der Waals surface area contributed by atoms with Gasteiger partial charge in [0, 0.05) is 19.6 Å². The van der Waals surface area contributed by atoms with E-state index in [1.165, 1.54) is 11.8 Å². The summed E-state index contributed by atoms with van der Waals surface area (Å²) in [6, 6.07) is 0.396. The second-order valence-corrected chi connectivity index (χ2v) is 9.86. The number of rotatable bonds is 6. The normalized spacial score (nSPS) is 19.4. The zero-order valence-corrected chi connectivity index (χ0v) is 17.9. The summed E-state index contributed by atoms with van der Waals surface area (Å²) in [7, 11) is 0. The van der Waals surface area contributed by atoms with Crippen LogP contribution in [-0.4, -0.2) is 67.6 Å². The molecule has 1 aromatic heterocycles. The van der Waals surface area contributed by atoms with Gasteiger partial charge in [-0.15, -0.1) is 5.10 Å². The first-order chi connectivity index (χ1) is 13.2. The maximum Gasteiger partial charge on any atom is 0.407 e. The molecular formula is C18H30N6O3S. The molecule has 1 aliphatic carbocycles. The molecule has 1 aliphatic heterocycles. The second-order valence-electron chi connectivity index (χ2n) is 8.55. The van der Waals surface area contributed by atoms with Gasteiger partial charge < -0.3 is 15.0 Å². The Kier molecular flexibility index (Phi) is 6.47. The van der Waals surface area contributed by atoms with Crippen LogP contribution in [0.4, 0.5) is 4.79 Å². The van der Waals surface area contributed by atoms with Gasteiger partial charge >= 0.3 is 6.09 Å². The van der Waals surface area contributed by atoms with Crippen LogP contribution in [0.1, 0.15) is 59.4 Å². The fourth-order valence-electron chi connectivity index (χ4n) is 3.18. The highest BCUT2D eigenvalue weighted by Crippen LogP contribution is 2.37. The van der Waals surface area contributed by atoms with Crippen molar-refractivity contribution in [2.75, 3.05) is 19.6 Å². The molecule has 2 amide bonds. The van der Waals surface area contributed by atoms with Crippen molar-refractivity contribution in [1.29, 1.82) is 0 Å². The van der Waals surface area contributed by atoms with Crippen LogP contribution in [0, 0.1) is 5.92 Å². The van der Waals surface area contributed by atoms with E-state index >= 15 is 0 Å². The summed E-state index contributed by atoms with van der Waals surface area (Å²) < 4.78 is 7.10. The van der Waals surface area contributed by atoms with Gasteiger partial charge in [0.25, 0.3) is 0 Å². The number of thioether (sulfide) groups is 1. The molecule has 1 saturated heterocycles. The number of piperidine rings is 1. The number of hydrogen-bond acceptors (Lipinski definition) is 7. The summed E-state index contributed by atoms with van der Waals surface area (Å²) in [5.41, 5.74) is -0.493. The molecule has 1 aromatic rings. The van der Waals surface area contributed by atoms with E-state index in [9.17, 15) is 9.59 Å². The van der Waals surface area contributed by atoms with Gasteiger partial charge in [-0.3, -0.25) is 4.79 Å². The van der Waals surface area contributed by atoms with Crippen LogP contribution >= 0.6 is 11.8 Å². The Bertz CT molecular complexity index is 692. The maximum absolute atomic E-state index is 12.8. The Balaban J connectivity index is 1.40. The van der Waals surface area contributed by atoms with Crippen LogP contribution in [-0.2, 0) is 9.53 Å². The zero-order valence-electron chi connectivity index (χ0n) is 17.1. The minimum absolute atomic E-state index is 0.119. The Hall–Kier alpha value is -1.84. The number of aromatic nitrogens is 4. The number of nitrogens with one attached hydrogen (secondary N) is 1. The highest BCUT2D eigenvalue weighted by molar-refractivity contribution is 8.00. The standard InChI is InChI=1S/C18H30N6O3S/c1-12(28-16-20-21-22-24(16)14-5-6-14)15(25)23-9-7-13(8-10-23)11-19-17(26)27-18(2,3)4/h12-14H,5-11H2,1-4H3,(H,19,26). The van der Waals surface area contributed by atoms with Crippen LogP contribution in [0.5, 0.6) is 0 Å². The number of likely N-dealkylation sites (tertiary alicyclic amines) is 1. The lowest BCUT2D eigenvalue weighted by atomic mass is 9.96. The lowest BCUT2D eigenvalue weighted by Gasteiger charge is -2.33. The third-order valence-corrected chi connectivity index (χ3v) is 5.88. The quantitative estimate of drug-likeness (QED) is 0.718. The zero-order chi connectivity index (χ0) is 20.3. The average molecular weight is 411 g/mol. The molecule has 156 valence electrons. The third kappa shape index (κ3) is 5.83.